The number of carbonyl (C=O) groups excluding carboxylic acids is 1. The Morgan fingerprint density at radius 2 is 1.92 bits per heavy atom. The van der Waals surface area contributed by atoms with Crippen LogP contribution in [0, 0.1) is 0 Å². The zero-order valence-corrected chi connectivity index (χ0v) is 15.8. The second-order valence-corrected chi connectivity index (χ2v) is 7.93. The molecule has 26 heavy (non-hydrogen) atoms. The first kappa shape index (κ1) is 18.5. The van der Waals surface area contributed by atoms with E-state index in [1.54, 1.807) is 47.0 Å². The summed E-state index contributed by atoms with van der Waals surface area (Å²) in [5.74, 6) is 0.591. The number of carbonyl (C=O) groups is 1. The number of hydrogen-bond acceptors (Lipinski definition) is 4. The topological polar surface area (TPSA) is 80.6 Å². The molecule has 1 aromatic carbocycles. The van der Waals surface area contributed by atoms with E-state index in [1.165, 1.54) is 6.07 Å². The summed E-state index contributed by atoms with van der Waals surface area (Å²) in [4.78, 5) is 14.4. The lowest BCUT2D eigenvalue weighted by atomic mass is 10.2. The number of hydrogen-bond donors (Lipinski definition) is 1. The van der Waals surface area contributed by atoms with Crippen molar-refractivity contribution in [3.63, 3.8) is 0 Å². The molecule has 1 aromatic heterocycles. The summed E-state index contributed by atoms with van der Waals surface area (Å²) in [7, 11) is -2.12. The van der Waals surface area contributed by atoms with Crippen molar-refractivity contribution in [1.29, 1.82) is 0 Å². The normalized spacial score (nSPS) is 14.8. The fourth-order valence-corrected chi connectivity index (χ4v) is 4.05. The van der Waals surface area contributed by atoms with E-state index in [-0.39, 0.29) is 17.3 Å². The van der Waals surface area contributed by atoms with Crippen molar-refractivity contribution < 1.29 is 17.9 Å². The van der Waals surface area contributed by atoms with Gasteiger partial charge < -0.3 is 14.2 Å². The summed E-state index contributed by atoms with van der Waals surface area (Å²) >= 11 is 0. The number of ether oxygens (including phenoxy) is 1. The molecule has 0 fully saturated rings. The molecule has 8 heteroatoms. The molecule has 3 rings (SSSR count). The van der Waals surface area contributed by atoms with Crippen LogP contribution < -0.4 is 9.46 Å². The number of aryl methyl sites for hydroxylation is 1. The predicted molar refractivity (Wildman–Crippen MR) is 97.6 cm³/mol. The van der Waals surface area contributed by atoms with Gasteiger partial charge in [-0.15, -0.1) is 0 Å². The van der Waals surface area contributed by atoms with Crippen LogP contribution in [0.5, 0.6) is 5.75 Å². The van der Waals surface area contributed by atoms with Crippen molar-refractivity contribution in [3.8, 4) is 5.75 Å². The lowest BCUT2D eigenvalue weighted by molar-refractivity contribution is 0.0766. The standard InChI is InChI=1S/C18H23N3O4S/c1-3-20-9-4-10-21-13-16(11-17(21)18(20)22)26(23,24)19-12-14-5-7-15(25-2)8-6-14/h5-8,11,13,19H,3-4,9-10,12H2,1-2H3. The maximum absolute atomic E-state index is 12.6. The first-order chi connectivity index (χ1) is 12.4. The number of methoxy groups -OCH3 is 1. The predicted octanol–water partition coefficient (Wildman–Crippen LogP) is 1.84. The van der Waals surface area contributed by atoms with Crippen molar-refractivity contribution in [3.05, 3.63) is 47.8 Å². The highest BCUT2D eigenvalue weighted by Gasteiger charge is 2.26. The summed E-state index contributed by atoms with van der Waals surface area (Å²) in [6.07, 6.45) is 2.35. The Morgan fingerprint density at radius 1 is 1.19 bits per heavy atom. The number of nitrogens with zero attached hydrogens (tertiary/aromatic N) is 2. The van der Waals surface area contributed by atoms with E-state index in [0.717, 1.165) is 12.0 Å². The molecule has 140 valence electrons. The minimum Gasteiger partial charge on any atom is -0.497 e. The summed E-state index contributed by atoms with van der Waals surface area (Å²) in [6, 6.07) is 8.63. The van der Waals surface area contributed by atoms with Gasteiger partial charge >= 0.3 is 0 Å². The van der Waals surface area contributed by atoms with E-state index in [0.29, 0.717) is 31.1 Å². The number of rotatable bonds is 6. The quantitative estimate of drug-likeness (QED) is 0.833. The van der Waals surface area contributed by atoms with Gasteiger partial charge in [-0.05, 0) is 37.1 Å². The molecule has 2 aromatic rings. The van der Waals surface area contributed by atoms with Crippen LogP contribution in [0.4, 0.5) is 0 Å². The molecule has 1 aliphatic heterocycles. The maximum atomic E-state index is 12.6. The highest BCUT2D eigenvalue weighted by Crippen LogP contribution is 2.20. The van der Waals surface area contributed by atoms with E-state index < -0.39 is 10.0 Å². The van der Waals surface area contributed by atoms with Gasteiger partial charge in [0, 0.05) is 32.4 Å². The lowest BCUT2D eigenvalue weighted by Gasteiger charge is -2.17. The Labute approximate surface area is 153 Å². The zero-order valence-electron chi connectivity index (χ0n) is 14.9. The Balaban J connectivity index is 1.77. The van der Waals surface area contributed by atoms with Gasteiger partial charge in [-0.3, -0.25) is 4.79 Å². The molecule has 1 aliphatic rings. The molecule has 1 N–H and O–H groups in total. The van der Waals surface area contributed by atoms with Crippen LogP contribution in [0.1, 0.15) is 29.4 Å². The molecule has 0 bridgehead atoms. The number of aromatic nitrogens is 1. The van der Waals surface area contributed by atoms with Crippen LogP contribution >= 0.6 is 0 Å². The summed E-state index contributed by atoms with van der Waals surface area (Å²) < 4.78 is 34.6. The Kier molecular flexibility index (Phi) is 5.33. The van der Waals surface area contributed by atoms with Gasteiger partial charge in [0.25, 0.3) is 5.91 Å². The molecule has 0 radical (unpaired) electrons. The van der Waals surface area contributed by atoms with Crippen molar-refractivity contribution in [2.24, 2.45) is 0 Å². The van der Waals surface area contributed by atoms with Gasteiger partial charge in [0.1, 0.15) is 16.3 Å². The molecule has 0 saturated carbocycles. The average Bonchev–Trinajstić information content (AvgIpc) is 3.03. The van der Waals surface area contributed by atoms with Crippen LogP contribution in [0.2, 0.25) is 0 Å². The fourth-order valence-electron chi connectivity index (χ4n) is 3.00. The minimum atomic E-state index is -3.70. The first-order valence-corrected chi connectivity index (χ1v) is 10.0. The van der Waals surface area contributed by atoms with Crippen LogP contribution in [0.3, 0.4) is 0 Å². The summed E-state index contributed by atoms with van der Waals surface area (Å²) in [5, 5.41) is 0. The zero-order chi connectivity index (χ0) is 18.7. The van der Waals surface area contributed by atoms with E-state index in [1.807, 2.05) is 6.92 Å². The molecule has 7 nitrogen and oxygen atoms in total. The molecule has 1 amide bonds. The number of fused-ring (bicyclic) bond motifs is 1. The van der Waals surface area contributed by atoms with Gasteiger partial charge in [-0.1, -0.05) is 12.1 Å². The van der Waals surface area contributed by atoms with Crippen molar-refractivity contribution in [2.45, 2.75) is 31.3 Å². The van der Waals surface area contributed by atoms with Gasteiger partial charge in [0.05, 0.1) is 7.11 Å². The third kappa shape index (κ3) is 3.76. The van der Waals surface area contributed by atoms with Gasteiger partial charge in [0.15, 0.2) is 0 Å². The lowest BCUT2D eigenvalue weighted by Crippen LogP contribution is -2.30. The van der Waals surface area contributed by atoms with E-state index >= 15 is 0 Å². The smallest absolute Gasteiger partial charge is 0.270 e. The minimum absolute atomic E-state index is 0.118. The highest BCUT2D eigenvalue weighted by atomic mass is 32.2. The van der Waals surface area contributed by atoms with Gasteiger partial charge in [-0.2, -0.15) is 0 Å². The third-order valence-corrected chi connectivity index (χ3v) is 5.89. The molecule has 0 spiro atoms. The van der Waals surface area contributed by atoms with Crippen LogP contribution in [0.15, 0.2) is 41.4 Å². The monoisotopic (exact) mass is 377 g/mol. The number of benzene rings is 1. The SMILES string of the molecule is CCN1CCCn2cc(S(=O)(=O)NCc3ccc(OC)cc3)cc2C1=O. The number of nitrogens with one attached hydrogen (secondary N) is 1. The highest BCUT2D eigenvalue weighted by molar-refractivity contribution is 7.89. The van der Waals surface area contributed by atoms with E-state index in [9.17, 15) is 13.2 Å². The average molecular weight is 377 g/mol. The molecule has 0 unspecified atom stereocenters. The van der Waals surface area contributed by atoms with Crippen molar-refractivity contribution in [2.75, 3.05) is 20.2 Å². The third-order valence-electron chi connectivity index (χ3n) is 4.52. The molecule has 0 atom stereocenters. The molecule has 0 saturated heterocycles. The number of sulfonamides is 1. The summed E-state index contributed by atoms with van der Waals surface area (Å²) in [5.41, 5.74) is 1.25. The number of amides is 1. The summed E-state index contributed by atoms with van der Waals surface area (Å²) in [6.45, 7) is 4.02. The van der Waals surface area contributed by atoms with E-state index in [4.69, 9.17) is 4.74 Å². The van der Waals surface area contributed by atoms with E-state index in [2.05, 4.69) is 4.72 Å². The van der Waals surface area contributed by atoms with Crippen LogP contribution in [0.25, 0.3) is 0 Å². The maximum Gasteiger partial charge on any atom is 0.270 e. The first-order valence-electron chi connectivity index (χ1n) is 8.56. The van der Waals surface area contributed by atoms with Gasteiger partial charge in [-0.25, -0.2) is 13.1 Å². The largest absolute Gasteiger partial charge is 0.497 e. The molecular weight excluding hydrogens is 354 g/mol. The molecule has 0 aliphatic carbocycles. The van der Waals surface area contributed by atoms with Crippen LogP contribution in [-0.4, -0.2) is 44.0 Å². The second-order valence-electron chi connectivity index (χ2n) is 6.17. The Bertz CT molecular complexity index is 888. The fraction of sp³-hybridized carbons (Fsp3) is 0.389. The Morgan fingerprint density at radius 3 is 2.58 bits per heavy atom. The molecular formula is C18H23N3O4S. The van der Waals surface area contributed by atoms with Crippen LogP contribution in [-0.2, 0) is 23.1 Å². The van der Waals surface area contributed by atoms with Crippen molar-refractivity contribution in [1.82, 2.24) is 14.2 Å². The van der Waals surface area contributed by atoms with Crippen molar-refractivity contribution >= 4 is 15.9 Å². The Hall–Kier alpha value is -2.32. The molecule has 2 heterocycles. The van der Waals surface area contributed by atoms with Gasteiger partial charge in [0.2, 0.25) is 10.0 Å². The second kappa shape index (κ2) is 7.51.